The quantitative estimate of drug-likeness (QED) is 0.172. The van der Waals surface area contributed by atoms with Gasteiger partial charge in [0.2, 0.25) is 0 Å². The Balaban J connectivity index is 1.37. The fourth-order valence-corrected chi connectivity index (χ4v) is 3.51. The first-order valence-corrected chi connectivity index (χ1v) is 12.1. The first kappa shape index (κ1) is 27.3. The van der Waals surface area contributed by atoms with E-state index in [9.17, 15) is 18.0 Å². The number of rotatable bonds is 11. The number of anilines is 1. The molecule has 0 spiro atoms. The van der Waals surface area contributed by atoms with Gasteiger partial charge in [0.15, 0.2) is 11.5 Å². The molecule has 0 heterocycles. The number of carbonyl (C=O) groups excluding carboxylic acids is 1. The fourth-order valence-electron chi connectivity index (χ4n) is 3.51. The van der Waals surface area contributed by atoms with E-state index >= 15 is 0 Å². The molecule has 39 heavy (non-hydrogen) atoms. The highest BCUT2D eigenvalue weighted by molar-refractivity contribution is 5.84. The van der Waals surface area contributed by atoms with E-state index in [1.54, 1.807) is 18.2 Å². The smallest absolute Gasteiger partial charge is 0.416 e. The maximum absolute atomic E-state index is 12.9. The second-order valence-corrected chi connectivity index (χ2v) is 8.48. The van der Waals surface area contributed by atoms with Crippen LogP contribution in [0.15, 0.2) is 108 Å². The van der Waals surface area contributed by atoms with E-state index in [4.69, 9.17) is 9.47 Å². The largest absolute Gasteiger partial charge is 0.485 e. The third-order valence-corrected chi connectivity index (χ3v) is 5.49. The molecule has 0 aliphatic rings. The number of hydrazone groups is 1. The molecular formula is C30H26F3N3O3. The molecular weight excluding hydrogens is 507 g/mol. The molecule has 9 heteroatoms. The average Bonchev–Trinajstić information content (AvgIpc) is 2.95. The van der Waals surface area contributed by atoms with Crippen molar-refractivity contribution in [3.63, 3.8) is 0 Å². The Morgan fingerprint density at radius 1 is 0.769 bits per heavy atom. The van der Waals surface area contributed by atoms with Crippen molar-refractivity contribution in [1.82, 2.24) is 5.43 Å². The Bertz CT molecular complexity index is 1390. The number of hydrogen-bond acceptors (Lipinski definition) is 5. The minimum absolute atomic E-state index is 0.176. The molecule has 4 aromatic carbocycles. The highest BCUT2D eigenvalue weighted by Gasteiger charge is 2.30. The lowest BCUT2D eigenvalue weighted by molar-refractivity contribution is -0.137. The molecule has 200 valence electrons. The van der Waals surface area contributed by atoms with E-state index in [0.717, 1.165) is 23.3 Å². The summed E-state index contributed by atoms with van der Waals surface area (Å²) in [4.78, 5) is 12.1. The standard InChI is InChI=1S/C30H26F3N3O3/c31-30(32,33)25-12-7-13-26(17-25)34-19-29(37)36-35-18-24-14-15-27(38-20-22-8-3-1-4-9-22)28(16-24)39-21-23-10-5-2-6-11-23/h1-18,34H,19-21H2,(H,36,37). The zero-order valence-corrected chi connectivity index (χ0v) is 20.8. The molecule has 0 radical (unpaired) electrons. The van der Waals surface area contributed by atoms with Crippen molar-refractivity contribution >= 4 is 17.8 Å². The van der Waals surface area contributed by atoms with Crippen molar-refractivity contribution in [2.45, 2.75) is 19.4 Å². The van der Waals surface area contributed by atoms with E-state index in [-0.39, 0.29) is 12.2 Å². The van der Waals surface area contributed by atoms with Crippen molar-refractivity contribution in [3.8, 4) is 11.5 Å². The number of benzene rings is 4. The van der Waals surface area contributed by atoms with Crippen LogP contribution in [0.3, 0.4) is 0 Å². The molecule has 4 rings (SSSR count). The molecule has 1 amide bonds. The normalized spacial score (nSPS) is 11.3. The second-order valence-electron chi connectivity index (χ2n) is 8.48. The van der Waals surface area contributed by atoms with Crippen molar-refractivity contribution in [2.75, 3.05) is 11.9 Å². The molecule has 0 fully saturated rings. The van der Waals surface area contributed by atoms with Crippen molar-refractivity contribution in [3.05, 3.63) is 125 Å². The van der Waals surface area contributed by atoms with Gasteiger partial charge in [-0.25, -0.2) is 5.43 Å². The predicted octanol–water partition coefficient (Wildman–Crippen LogP) is 6.43. The van der Waals surface area contributed by atoms with Gasteiger partial charge in [0, 0.05) is 5.69 Å². The summed E-state index contributed by atoms with van der Waals surface area (Å²) >= 11 is 0. The molecule has 0 bridgehead atoms. The molecule has 0 atom stereocenters. The van der Waals surface area contributed by atoms with Crippen LogP contribution in [0.2, 0.25) is 0 Å². The molecule has 0 aliphatic carbocycles. The Labute approximate surface area is 224 Å². The Kier molecular flexibility index (Phi) is 9.18. The van der Waals surface area contributed by atoms with Crippen molar-refractivity contribution in [2.24, 2.45) is 5.10 Å². The number of halogens is 3. The maximum Gasteiger partial charge on any atom is 0.416 e. The van der Waals surface area contributed by atoms with Crippen LogP contribution in [0.5, 0.6) is 11.5 Å². The molecule has 0 saturated heterocycles. The topological polar surface area (TPSA) is 72.0 Å². The van der Waals surface area contributed by atoms with Crippen LogP contribution >= 0.6 is 0 Å². The Hall–Kier alpha value is -4.79. The lowest BCUT2D eigenvalue weighted by Crippen LogP contribution is -2.26. The SMILES string of the molecule is O=C(CNc1cccc(C(F)(F)F)c1)NN=Cc1ccc(OCc2ccccc2)c(OCc2ccccc2)c1. The number of carbonyl (C=O) groups is 1. The third-order valence-electron chi connectivity index (χ3n) is 5.49. The molecule has 0 unspecified atom stereocenters. The molecule has 0 saturated carbocycles. The summed E-state index contributed by atoms with van der Waals surface area (Å²) in [6, 6.07) is 29.4. The van der Waals surface area contributed by atoms with E-state index in [2.05, 4.69) is 15.8 Å². The maximum atomic E-state index is 12.9. The number of hydrogen-bond donors (Lipinski definition) is 2. The minimum Gasteiger partial charge on any atom is -0.485 e. The van der Waals surface area contributed by atoms with E-state index in [1.807, 2.05) is 60.7 Å². The summed E-state index contributed by atoms with van der Waals surface area (Å²) in [6.07, 6.45) is -3.02. The van der Waals surface area contributed by atoms with Crippen LogP contribution in [0.1, 0.15) is 22.3 Å². The van der Waals surface area contributed by atoms with Crippen LogP contribution < -0.4 is 20.2 Å². The highest BCUT2D eigenvalue weighted by atomic mass is 19.4. The fraction of sp³-hybridized carbons (Fsp3) is 0.133. The number of nitrogens with one attached hydrogen (secondary N) is 2. The Morgan fingerprint density at radius 3 is 2.05 bits per heavy atom. The van der Waals surface area contributed by atoms with Crippen LogP contribution in [0, 0.1) is 0 Å². The number of alkyl halides is 3. The van der Waals surface area contributed by atoms with Gasteiger partial charge in [-0.3, -0.25) is 4.79 Å². The van der Waals surface area contributed by atoms with E-state index in [1.165, 1.54) is 18.3 Å². The van der Waals surface area contributed by atoms with Gasteiger partial charge in [-0.05, 0) is 53.1 Å². The highest BCUT2D eigenvalue weighted by Crippen LogP contribution is 2.31. The predicted molar refractivity (Wildman–Crippen MR) is 144 cm³/mol. The first-order chi connectivity index (χ1) is 18.9. The van der Waals surface area contributed by atoms with Crippen LogP contribution in [0.4, 0.5) is 18.9 Å². The zero-order valence-electron chi connectivity index (χ0n) is 20.8. The summed E-state index contributed by atoms with van der Waals surface area (Å²) in [5.41, 5.74) is 4.39. The van der Waals surface area contributed by atoms with Crippen LogP contribution in [-0.2, 0) is 24.2 Å². The molecule has 6 nitrogen and oxygen atoms in total. The second kappa shape index (κ2) is 13.1. The number of amides is 1. The monoisotopic (exact) mass is 533 g/mol. The minimum atomic E-state index is -4.46. The molecule has 4 aromatic rings. The van der Waals surface area contributed by atoms with Gasteiger partial charge in [0.05, 0.1) is 18.3 Å². The summed E-state index contributed by atoms with van der Waals surface area (Å²) < 4.78 is 50.6. The summed E-state index contributed by atoms with van der Waals surface area (Å²) in [6.45, 7) is 0.447. The van der Waals surface area contributed by atoms with Crippen molar-refractivity contribution in [1.29, 1.82) is 0 Å². The summed E-state index contributed by atoms with van der Waals surface area (Å²) in [5, 5.41) is 6.61. The van der Waals surface area contributed by atoms with Crippen molar-refractivity contribution < 1.29 is 27.4 Å². The van der Waals surface area contributed by atoms with E-state index < -0.39 is 17.6 Å². The van der Waals surface area contributed by atoms with Gasteiger partial charge in [-0.15, -0.1) is 0 Å². The average molecular weight is 534 g/mol. The first-order valence-electron chi connectivity index (χ1n) is 12.1. The third kappa shape index (κ3) is 8.63. The van der Waals surface area contributed by atoms with Gasteiger partial charge >= 0.3 is 6.18 Å². The zero-order chi connectivity index (χ0) is 27.5. The van der Waals surface area contributed by atoms with Gasteiger partial charge in [-0.2, -0.15) is 18.3 Å². The molecule has 0 aromatic heterocycles. The Morgan fingerprint density at radius 2 is 1.41 bits per heavy atom. The van der Waals surface area contributed by atoms with Gasteiger partial charge < -0.3 is 14.8 Å². The van der Waals surface area contributed by atoms with Crippen LogP contribution in [-0.4, -0.2) is 18.7 Å². The summed E-state index contributed by atoms with van der Waals surface area (Å²) in [7, 11) is 0. The summed E-state index contributed by atoms with van der Waals surface area (Å²) in [5.74, 6) is 0.546. The molecule has 0 aliphatic heterocycles. The van der Waals surface area contributed by atoms with Crippen LogP contribution in [0.25, 0.3) is 0 Å². The van der Waals surface area contributed by atoms with E-state index in [0.29, 0.717) is 30.3 Å². The number of ether oxygens (including phenoxy) is 2. The lowest BCUT2D eigenvalue weighted by Gasteiger charge is -2.14. The van der Waals surface area contributed by atoms with Gasteiger partial charge in [0.25, 0.3) is 5.91 Å². The van der Waals surface area contributed by atoms with Gasteiger partial charge in [0.1, 0.15) is 13.2 Å². The van der Waals surface area contributed by atoms with Gasteiger partial charge in [-0.1, -0.05) is 66.7 Å². The molecule has 2 N–H and O–H groups in total. The number of nitrogens with zero attached hydrogens (tertiary/aromatic N) is 1. The lowest BCUT2D eigenvalue weighted by atomic mass is 10.2.